The topological polar surface area (TPSA) is 77.3 Å². The predicted octanol–water partition coefficient (Wildman–Crippen LogP) is 4.25. The molecule has 0 aromatic heterocycles. The van der Waals surface area contributed by atoms with Crippen molar-refractivity contribution in [2.24, 2.45) is 5.92 Å². The molecular weight excluding hydrogens is 306 g/mol. The number of hydrogen-bond donors (Lipinski definition) is 0. The predicted molar refractivity (Wildman–Crippen MR) is 93.6 cm³/mol. The van der Waals surface area contributed by atoms with Crippen molar-refractivity contribution < 1.29 is 14.5 Å². The Hall–Kier alpha value is -2.30. The van der Waals surface area contributed by atoms with E-state index >= 15 is 0 Å². The molecule has 1 aromatic carbocycles. The van der Waals surface area contributed by atoms with E-state index in [1.807, 2.05) is 13.8 Å². The van der Waals surface area contributed by atoms with Crippen molar-refractivity contribution in [3.63, 3.8) is 0 Å². The molecule has 0 aliphatic carbocycles. The Kier molecular flexibility index (Phi) is 8.61. The Morgan fingerprint density at radius 1 is 1.17 bits per heavy atom. The van der Waals surface area contributed by atoms with Crippen molar-refractivity contribution in [2.45, 2.75) is 52.0 Å². The zero-order valence-electron chi connectivity index (χ0n) is 14.3. The molecule has 0 aliphatic heterocycles. The van der Waals surface area contributed by atoms with Gasteiger partial charge in [0.15, 0.2) is 0 Å². The first kappa shape index (κ1) is 19.7. The number of hydrogen-bond acceptors (Lipinski definition) is 4. The monoisotopic (exact) mass is 331 g/mol. The van der Waals surface area contributed by atoms with Crippen molar-refractivity contribution in [2.75, 3.05) is 0 Å². The van der Waals surface area contributed by atoms with E-state index in [0.717, 1.165) is 12.8 Å². The van der Waals surface area contributed by atoms with Gasteiger partial charge in [-0.05, 0) is 12.8 Å². The molecule has 0 fully saturated rings. The van der Waals surface area contributed by atoms with Gasteiger partial charge in [0.2, 0.25) is 5.78 Å². The first-order valence-electron chi connectivity index (χ1n) is 8.37. The minimum Gasteiger partial charge on any atom is -0.299 e. The number of unbranched alkanes of at least 4 members (excludes halogenated alkanes) is 1. The average Bonchev–Trinajstić information content (AvgIpc) is 2.59. The van der Waals surface area contributed by atoms with Crippen LogP contribution < -0.4 is 0 Å². The van der Waals surface area contributed by atoms with Crippen LogP contribution in [0.5, 0.6) is 0 Å². The lowest BCUT2D eigenvalue weighted by atomic mass is 9.97. The highest BCUT2D eigenvalue weighted by atomic mass is 16.6. The van der Waals surface area contributed by atoms with E-state index in [0.29, 0.717) is 18.4 Å². The molecule has 0 aliphatic rings. The van der Waals surface area contributed by atoms with Crippen LogP contribution in [-0.4, -0.2) is 22.5 Å². The largest absolute Gasteiger partial charge is 0.299 e. The van der Waals surface area contributed by atoms with Crippen LogP contribution in [0.25, 0.3) is 0 Å². The molecular formula is C19H25NO4. The van der Waals surface area contributed by atoms with Gasteiger partial charge in [-0.25, -0.2) is 0 Å². The lowest BCUT2D eigenvalue weighted by Crippen LogP contribution is -2.29. The third-order valence-corrected chi connectivity index (χ3v) is 3.96. The Labute approximate surface area is 142 Å². The molecule has 0 amide bonds. The van der Waals surface area contributed by atoms with Crippen LogP contribution in [0.1, 0.15) is 56.3 Å². The van der Waals surface area contributed by atoms with Crippen molar-refractivity contribution >= 4 is 11.6 Å². The smallest absolute Gasteiger partial charge is 0.278 e. The SMILES string of the molecule is CCCCC(=O)[C@H](C)C/C=C/CC(C(=O)c1ccccc1)[N+](=O)[O-]. The molecule has 0 N–H and O–H groups in total. The van der Waals surface area contributed by atoms with E-state index in [1.54, 1.807) is 42.5 Å². The highest BCUT2D eigenvalue weighted by molar-refractivity contribution is 5.99. The van der Waals surface area contributed by atoms with Gasteiger partial charge < -0.3 is 0 Å². The lowest BCUT2D eigenvalue weighted by Gasteiger charge is -2.08. The molecule has 1 rings (SSSR count). The normalized spacial score (nSPS) is 13.6. The third kappa shape index (κ3) is 6.44. The van der Waals surface area contributed by atoms with Crippen LogP contribution in [0, 0.1) is 16.0 Å². The Morgan fingerprint density at radius 3 is 2.38 bits per heavy atom. The standard InChI is InChI=1S/C19H25NO4/c1-3-4-14-18(21)15(2)10-8-9-13-17(20(23)24)19(22)16-11-6-5-7-12-16/h5-9,11-12,15,17H,3-4,10,13-14H2,1-2H3/b9-8+/t15-,17?/m1/s1. The number of carbonyl (C=O) groups is 2. The van der Waals surface area contributed by atoms with E-state index in [9.17, 15) is 19.7 Å². The van der Waals surface area contributed by atoms with Gasteiger partial charge in [-0.15, -0.1) is 0 Å². The van der Waals surface area contributed by atoms with E-state index in [4.69, 9.17) is 0 Å². The molecule has 5 nitrogen and oxygen atoms in total. The van der Waals surface area contributed by atoms with Crippen LogP contribution in [0.2, 0.25) is 0 Å². The number of allylic oxidation sites excluding steroid dienone is 1. The summed E-state index contributed by atoms with van der Waals surface area (Å²) in [6.07, 6.45) is 6.45. The molecule has 5 heteroatoms. The number of carbonyl (C=O) groups excluding carboxylic acids is 2. The lowest BCUT2D eigenvalue weighted by molar-refractivity contribution is -0.504. The number of nitrogens with zero attached hydrogens (tertiary/aromatic N) is 1. The van der Waals surface area contributed by atoms with Gasteiger partial charge in [0, 0.05) is 29.2 Å². The summed E-state index contributed by atoms with van der Waals surface area (Å²) in [4.78, 5) is 34.7. The molecule has 0 bridgehead atoms. The Bertz CT molecular complexity index is 580. The second kappa shape index (κ2) is 10.5. The van der Waals surface area contributed by atoms with Crippen molar-refractivity contribution in [1.29, 1.82) is 0 Å². The summed E-state index contributed by atoms with van der Waals surface area (Å²) in [5.74, 6) is -0.364. The summed E-state index contributed by atoms with van der Waals surface area (Å²) in [6.45, 7) is 3.90. The van der Waals surface area contributed by atoms with Gasteiger partial charge in [0.1, 0.15) is 5.78 Å². The van der Waals surface area contributed by atoms with Crippen LogP contribution in [-0.2, 0) is 4.79 Å². The second-order valence-electron chi connectivity index (χ2n) is 5.95. The number of rotatable bonds is 11. The van der Waals surface area contributed by atoms with Gasteiger partial charge >= 0.3 is 0 Å². The highest BCUT2D eigenvalue weighted by Crippen LogP contribution is 2.13. The second-order valence-corrected chi connectivity index (χ2v) is 5.95. The minimum atomic E-state index is -1.28. The fourth-order valence-corrected chi connectivity index (χ4v) is 2.34. The quantitative estimate of drug-likeness (QED) is 0.263. The maximum atomic E-state index is 12.2. The van der Waals surface area contributed by atoms with Gasteiger partial charge in [-0.3, -0.25) is 19.7 Å². The number of ketones is 2. The average molecular weight is 331 g/mol. The molecule has 130 valence electrons. The highest BCUT2D eigenvalue weighted by Gasteiger charge is 2.29. The molecule has 0 saturated carbocycles. The molecule has 2 atom stereocenters. The van der Waals surface area contributed by atoms with Crippen LogP contribution in [0.15, 0.2) is 42.5 Å². The summed E-state index contributed by atoms with van der Waals surface area (Å²) in [5.41, 5.74) is 0.343. The number of benzene rings is 1. The summed E-state index contributed by atoms with van der Waals surface area (Å²) in [5, 5.41) is 11.2. The Morgan fingerprint density at radius 2 is 1.79 bits per heavy atom. The van der Waals surface area contributed by atoms with E-state index in [1.165, 1.54) is 0 Å². The van der Waals surface area contributed by atoms with E-state index in [-0.39, 0.29) is 18.1 Å². The summed E-state index contributed by atoms with van der Waals surface area (Å²) in [6, 6.07) is 7.01. The van der Waals surface area contributed by atoms with Crippen LogP contribution in [0.4, 0.5) is 0 Å². The summed E-state index contributed by atoms with van der Waals surface area (Å²) in [7, 11) is 0. The van der Waals surface area contributed by atoms with Gasteiger partial charge in [0.25, 0.3) is 6.04 Å². The molecule has 1 aromatic rings. The third-order valence-electron chi connectivity index (χ3n) is 3.96. The maximum absolute atomic E-state index is 12.2. The summed E-state index contributed by atoms with van der Waals surface area (Å²) < 4.78 is 0. The minimum absolute atomic E-state index is 0.0383. The number of nitro groups is 1. The van der Waals surface area contributed by atoms with E-state index in [2.05, 4.69) is 0 Å². The van der Waals surface area contributed by atoms with Gasteiger partial charge in [-0.2, -0.15) is 0 Å². The molecule has 1 unspecified atom stereocenters. The fourth-order valence-electron chi connectivity index (χ4n) is 2.34. The first-order chi connectivity index (χ1) is 11.5. The number of Topliss-reactive ketones (excluding diaryl/α,β-unsaturated/α-hetero) is 2. The van der Waals surface area contributed by atoms with Crippen molar-refractivity contribution in [3.8, 4) is 0 Å². The fraction of sp³-hybridized carbons (Fsp3) is 0.474. The van der Waals surface area contributed by atoms with Gasteiger partial charge in [0.05, 0.1) is 0 Å². The zero-order chi connectivity index (χ0) is 17.9. The molecule has 0 saturated heterocycles. The van der Waals surface area contributed by atoms with Crippen LogP contribution >= 0.6 is 0 Å². The maximum Gasteiger partial charge on any atom is 0.278 e. The zero-order valence-corrected chi connectivity index (χ0v) is 14.3. The van der Waals surface area contributed by atoms with Gasteiger partial charge in [-0.1, -0.05) is 62.8 Å². The molecule has 0 radical (unpaired) electrons. The van der Waals surface area contributed by atoms with Crippen LogP contribution in [0.3, 0.4) is 0 Å². The molecule has 0 spiro atoms. The molecule has 0 heterocycles. The van der Waals surface area contributed by atoms with Crippen molar-refractivity contribution in [3.05, 3.63) is 58.2 Å². The molecule has 24 heavy (non-hydrogen) atoms. The summed E-state index contributed by atoms with van der Waals surface area (Å²) >= 11 is 0. The first-order valence-corrected chi connectivity index (χ1v) is 8.37. The van der Waals surface area contributed by atoms with Crippen molar-refractivity contribution in [1.82, 2.24) is 0 Å². The Balaban J connectivity index is 2.56. The van der Waals surface area contributed by atoms with E-state index < -0.39 is 16.7 Å².